The van der Waals surface area contributed by atoms with E-state index in [1.54, 1.807) is 13.8 Å². The number of esters is 1. The topological polar surface area (TPSA) is 137 Å². The summed E-state index contributed by atoms with van der Waals surface area (Å²) in [7, 11) is 0. The van der Waals surface area contributed by atoms with Crippen LogP contribution in [0.1, 0.15) is 46.1 Å². The summed E-state index contributed by atoms with van der Waals surface area (Å²) in [6.45, 7) is 7.32. The van der Waals surface area contributed by atoms with Crippen LogP contribution in [0, 0.1) is 11.8 Å². The van der Waals surface area contributed by atoms with Crippen LogP contribution in [0.3, 0.4) is 0 Å². The second-order valence-electron chi connectivity index (χ2n) is 7.74. The number of alkyl carbamates (subject to hydrolysis) is 1. The van der Waals surface area contributed by atoms with E-state index in [-0.39, 0.29) is 25.6 Å². The molecular formula is C22H33N3O6. The summed E-state index contributed by atoms with van der Waals surface area (Å²) in [6, 6.07) is 7.12. The van der Waals surface area contributed by atoms with Crippen molar-refractivity contribution in [2.24, 2.45) is 17.6 Å². The molecule has 9 heteroatoms. The highest BCUT2D eigenvalue weighted by molar-refractivity contribution is 5.91. The number of carbonyl (C=O) groups excluding carboxylic acids is 4. The molecule has 1 aromatic rings. The Morgan fingerprint density at radius 1 is 0.935 bits per heavy atom. The van der Waals surface area contributed by atoms with Gasteiger partial charge in [0.2, 0.25) is 11.8 Å². The molecule has 0 aromatic heterocycles. The lowest BCUT2D eigenvalue weighted by molar-refractivity contribution is -0.148. The summed E-state index contributed by atoms with van der Waals surface area (Å²) in [5.41, 5.74) is 6.21. The fourth-order valence-electron chi connectivity index (χ4n) is 2.86. The maximum atomic E-state index is 12.8. The van der Waals surface area contributed by atoms with Crippen LogP contribution in [0.5, 0.6) is 0 Å². The van der Waals surface area contributed by atoms with Crippen LogP contribution in [-0.4, -0.2) is 42.6 Å². The molecule has 1 rings (SSSR count). The number of hydrogen-bond acceptors (Lipinski definition) is 6. The summed E-state index contributed by atoms with van der Waals surface area (Å²) < 4.78 is 10.1. The van der Waals surface area contributed by atoms with Gasteiger partial charge in [-0.3, -0.25) is 14.4 Å². The number of nitrogens with one attached hydrogen (secondary N) is 2. The first-order valence-corrected chi connectivity index (χ1v) is 10.4. The van der Waals surface area contributed by atoms with Gasteiger partial charge < -0.3 is 25.8 Å². The highest BCUT2D eigenvalue weighted by Crippen LogP contribution is 2.11. The van der Waals surface area contributed by atoms with E-state index in [4.69, 9.17) is 15.2 Å². The molecule has 0 heterocycles. The smallest absolute Gasteiger partial charge is 0.408 e. The SMILES string of the molecule is CCOC(=O)[C@@H](C)C[C@H](NC(=O)[C@H](CC(C)C)NC(=O)OCc1ccccc1)C(N)=O. The van der Waals surface area contributed by atoms with E-state index >= 15 is 0 Å². The van der Waals surface area contributed by atoms with E-state index in [2.05, 4.69) is 10.6 Å². The van der Waals surface area contributed by atoms with Gasteiger partial charge in [0.1, 0.15) is 18.7 Å². The minimum absolute atomic E-state index is 0.00718. The molecule has 0 fully saturated rings. The molecule has 0 unspecified atom stereocenters. The van der Waals surface area contributed by atoms with Crippen molar-refractivity contribution < 1.29 is 28.7 Å². The van der Waals surface area contributed by atoms with Gasteiger partial charge in [-0.1, -0.05) is 51.1 Å². The number of nitrogens with two attached hydrogens (primary N) is 1. The molecule has 0 aliphatic heterocycles. The van der Waals surface area contributed by atoms with Gasteiger partial charge in [-0.05, 0) is 31.2 Å². The fourth-order valence-corrected chi connectivity index (χ4v) is 2.86. The Labute approximate surface area is 183 Å². The van der Waals surface area contributed by atoms with Gasteiger partial charge >= 0.3 is 12.1 Å². The molecule has 9 nitrogen and oxygen atoms in total. The minimum atomic E-state index is -1.08. The number of benzene rings is 1. The quantitative estimate of drug-likeness (QED) is 0.429. The normalized spacial score (nSPS) is 13.6. The number of amides is 3. The van der Waals surface area contributed by atoms with E-state index in [1.807, 2.05) is 44.2 Å². The summed E-state index contributed by atoms with van der Waals surface area (Å²) in [4.78, 5) is 48.6. The Hall–Kier alpha value is -3.10. The third-order valence-electron chi connectivity index (χ3n) is 4.47. The van der Waals surface area contributed by atoms with Crippen molar-refractivity contribution in [3.05, 3.63) is 35.9 Å². The van der Waals surface area contributed by atoms with Crippen LogP contribution in [0.4, 0.5) is 4.79 Å². The third kappa shape index (κ3) is 9.97. The van der Waals surface area contributed by atoms with Crippen molar-refractivity contribution in [2.45, 2.75) is 59.2 Å². The molecule has 172 valence electrons. The lowest BCUT2D eigenvalue weighted by atomic mass is 9.99. The van der Waals surface area contributed by atoms with Gasteiger partial charge in [0, 0.05) is 0 Å². The predicted molar refractivity (Wildman–Crippen MR) is 115 cm³/mol. The number of hydrogen-bond donors (Lipinski definition) is 3. The number of rotatable bonds is 12. The molecule has 0 bridgehead atoms. The van der Waals surface area contributed by atoms with Gasteiger partial charge in [0.15, 0.2) is 0 Å². The Kier molecular flexibility index (Phi) is 11.1. The summed E-state index contributed by atoms with van der Waals surface area (Å²) in [5.74, 6) is -2.39. The molecule has 0 aliphatic carbocycles. The Balaban J connectivity index is 2.74. The van der Waals surface area contributed by atoms with Crippen molar-refractivity contribution in [1.82, 2.24) is 10.6 Å². The molecular weight excluding hydrogens is 402 g/mol. The molecule has 0 aliphatic rings. The Morgan fingerprint density at radius 2 is 1.58 bits per heavy atom. The number of primary amides is 1. The van der Waals surface area contributed by atoms with Crippen molar-refractivity contribution in [2.75, 3.05) is 6.61 Å². The van der Waals surface area contributed by atoms with E-state index in [0.717, 1.165) is 5.56 Å². The Morgan fingerprint density at radius 3 is 2.13 bits per heavy atom. The van der Waals surface area contributed by atoms with Crippen molar-refractivity contribution in [3.8, 4) is 0 Å². The van der Waals surface area contributed by atoms with Gasteiger partial charge in [-0.15, -0.1) is 0 Å². The van der Waals surface area contributed by atoms with Crippen LogP contribution in [0.2, 0.25) is 0 Å². The molecule has 4 N–H and O–H groups in total. The molecule has 3 atom stereocenters. The highest BCUT2D eigenvalue weighted by Gasteiger charge is 2.29. The van der Waals surface area contributed by atoms with E-state index < -0.39 is 41.9 Å². The lowest BCUT2D eigenvalue weighted by Gasteiger charge is -2.24. The molecule has 0 saturated heterocycles. The second kappa shape index (κ2) is 13.3. The van der Waals surface area contributed by atoms with E-state index in [1.165, 1.54) is 0 Å². The molecule has 31 heavy (non-hydrogen) atoms. The molecule has 1 aromatic carbocycles. The monoisotopic (exact) mass is 435 g/mol. The summed E-state index contributed by atoms with van der Waals surface area (Å²) in [5, 5.41) is 5.08. The molecule has 0 saturated carbocycles. The largest absolute Gasteiger partial charge is 0.466 e. The van der Waals surface area contributed by atoms with Crippen molar-refractivity contribution >= 4 is 23.9 Å². The van der Waals surface area contributed by atoms with Gasteiger partial charge in [-0.25, -0.2) is 4.79 Å². The standard InChI is InChI=1S/C22H33N3O6/c1-5-30-21(28)15(4)12-17(19(23)26)24-20(27)18(11-14(2)3)25-22(29)31-13-16-9-7-6-8-10-16/h6-10,14-15,17-18H,5,11-13H2,1-4H3,(H2,23,26)(H,24,27)(H,25,29)/t15-,17-,18-/m0/s1. The van der Waals surface area contributed by atoms with Crippen LogP contribution >= 0.6 is 0 Å². The second-order valence-corrected chi connectivity index (χ2v) is 7.74. The van der Waals surface area contributed by atoms with E-state index in [0.29, 0.717) is 6.42 Å². The third-order valence-corrected chi connectivity index (χ3v) is 4.47. The maximum absolute atomic E-state index is 12.8. The number of ether oxygens (including phenoxy) is 2. The van der Waals surface area contributed by atoms with Crippen LogP contribution < -0.4 is 16.4 Å². The maximum Gasteiger partial charge on any atom is 0.408 e. The van der Waals surface area contributed by atoms with Gasteiger partial charge in [0.05, 0.1) is 12.5 Å². The van der Waals surface area contributed by atoms with Gasteiger partial charge in [-0.2, -0.15) is 0 Å². The predicted octanol–water partition coefficient (Wildman–Crippen LogP) is 1.89. The zero-order valence-corrected chi connectivity index (χ0v) is 18.6. The molecule has 0 radical (unpaired) electrons. The summed E-state index contributed by atoms with van der Waals surface area (Å²) >= 11 is 0. The zero-order chi connectivity index (χ0) is 23.4. The average Bonchev–Trinajstić information content (AvgIpc) is 2.71. The van der Waals surface area contributed by atoms with E-state index in [9.17, 15) is 19.2 Å². The Bertz CT molecular complexity index is 738. The summed E-state index contributed by atoms with van der Waals surface area (Å²) in [6.07, 6.45) is -0.432. The van der Waals surface area contributed by atoms with Crippen molar-refractivity contribution in [3.63, 3.8) is 0 Å². The first-order valence-electron chi connectivity index (χ1n) is 10.4. The van der Waals surface area contributed by atoms with Crippen LogP contribution in [-0.2, 0) is 30.5 Å². The molecule has 0 spiro atoms. The first kappa shape index (κ1) is 25.9. The minimum Gasteiger partial charge on any atom is -0.466 e. The van der Waals surface area contributed by atoms with Crippen LogP contribution in [0.15, 0.2) is 30.3 Å². The first-order chi connectivity index (χ1) is 14.6. The zero-order valence-electron chi connectivity index (χ0n) is 18.6. The van der Waals surface area contributed by atoms with Crippen molar-refractivity contribution in [1.29, 1.82) is 0 Å². The fraction of sp³-hybridized carbons (Fsp3) is 0.545. The van der Waals surface area contributed by atoms with Gasteiger partial charge in [0.25, 0.3) is 0 Å². The molecule has 3 amide bonds. The van der Waals surface area contributed by atoms with Crippen LogP contribution in [0.25, 0.3) is 0 Å². The highest BCUT2D eigenvalue weighted by atomic mass is 16.5. The average molecular weight is 436 g/mol. The number of carbonyl (C=O) groups is 4. The lowest BCUT2D eigenvalue weighted by Crippen LogP contribution is -2.54.